The maximum absolute atomic E-state index is 12.8. The van der Waals surface area contributed by atoms with Crippen LogP contribution in [0.3, 0.4) is 0 Å². The second-order valence-electron chi connectivity index (χ2n) is 5.26. The molecule has 0 fully saturated rings. The molecule has 1 N–H and O–H groups in total. The second-order valence-corrected chi connectivity index (χ2v) is 5.67. The number of carboxylic acids is 1. The normalized spacial score (nSPS) is 11.2. The number of aromatic carboxylic acids is 1. The molecule has 1 aromatic heterocycles. The number of nitrogens with zero attached hydrogens (tertiary/aromatic N) is 1. The van der Waals surface area contributed by atoms with Gasteiger partial charge in [-0.15, -0.1) is 0 Å². The highest BCUT2D eigenvalue weighted by Gasteiger charge is 2.27. The third kappa shape index (κ3) is 1.95. The van der Waals surface area contributed by atoms with E-state index < -0.39 is 11.5 Å². The molecule has 118 valence electrons. The van der Waals surface area contributed by atoms with E-state index >= 15 is 0 Å². The van der Waals surface area contributed by atoms with Crippen molar-refractivity contribution in [3.8, 4) is 16.9 Å². The SMILES string of the molecule is O=C(O)c1c2cccccc-2n(-c2coc3cccc(Cl)c23)c1=O. The molecule has 2 aliphatic rings. The summed E-state index contributed by atoms with van der Waals surface area (Å²) in [7, 11) is 0. The smallest absolute Gasteiger partial charge is 0.342 e. The summed E-state index contributed by atoms with van der Waals surface area (Å²) in [5.41, 5.74) is 0.887. The summed E-state index contributed by atoms with van der Waals surface area (Å²) in [5, 5.41) is 10.5. The maximum Gasteiger partial charge on any atom is 0.342 e. The van der Waals surface area contributed by atoms with Gasteiger partial charge in [0.05, 0.1) is 21.8 Å². The second kappa shape index (κ2) is 5.25. The Morgan fingerprint density at radius 3 is 2.67 bits per heavy atom. The van der Waals surface area contributed by atoms with Crippen molar-refractivity contribution in [1.29, 1.82) is 0 Å². The van der Waals surface area contributed by atoms with E-state index in [1.807, 2.05) is 0 Å². The maximum atomic E-state index is 12.8. The number of aromatic nitrogens is 1. The first-order valence-electron chi connectivity index (χ1n) is 7.12. The fourth-order valence-corrected chi connectivity index (χ4v) is 3.18. The van der Waals surface area contributed by atoms with E-state index in [4.69, 9.17) is 16.0 Å². The number of rotatable bonds is 2. The molecule has 1 aliphatic carbocycles. The molecule has 0 bridgehead atoms. The van der Waals surface area contributed by atoms with Crippen molar-refractivity contribution in [2.24, 2.45) is 0 Å². The molecule has 5 nitrogen and oxygen atoms in total. The summed E-state index contributed by atoms with van der Waals surface area (Å²) < 4.78 is 6.82. The van der Waals surface area contributed by atoms with Crippen LogP contribution in [-0.2, 0) is 0 Å². The van der Waals surface area contributed by atoms with Gasteiger partial charge >= 0.3 is 5.97 Å². The first-order chi connectivity index (χ1) is 11.6. The Morgan fingerprint density at radius 1 is 1.08 bits per heavy atom. The van der Waals surface area contributed by atoms with E-state index in [2.05, 4.69) is 0 Å². The Kier molecular flexibility index (Phi) is 3.18. The van der Waals surface area contributed by atoms with Crippen LogP contribution in [0.25, 0.3) is 27.9 Å². The molecule has 0 spiro atoms. The topological polar surface area (TPSA) is 72.4 Å². The number of furan rings is 1. The van der Waals surface area contributed by atoms with Gasteiger partial charge in [-0.1, -0.05) is 41.9 Å². The summed E-state index contributed by atoms with van der Waals surface area (Å²) in [5.74, 6) is -1.27. The van der Waals surface area contributed by atoms with Gasteiger partial charge < -0.3 is 9.52 Å². The van der Waals surface area contributed by atoms with E-state index in [-0.39, 0.29) is 5.56 Å². The van der Waals surface area contributed by atoms with Crippen molar-refractivity contribution in [1.82, 2.24) is 4.57 Å². The zero-order valence-electron chi connectivity index (χ0n) is 12.2. The van der Waals surface area contributed by atoms with Crippen LogP contribution in [-0.4, -0.2) is 15.6 Å². The van der Waals surface area contributed by atoms with Crippen LogP contribution >= 0.6 is 11.6 Å². The molecule has 0 atom stereocenters. The highest BCUT2D eigenvalue weighted by molar-refractivity contribution is 6.36. The number of fused-ring (bicyclic) bond motifs is 2. The average molecular weight is 340 g/mol. The summed E-state index contributed by atoms with van der Waals surface area (Å²) in [4.78, 5) is 24.4. The molecular weight excluding hydrogens is 330 g/mol. The molecule has 6 heteroatoms. The van der Waals surface area contributed by atoms with E-state index in [0.717, 1.165) is 0 Å². The van der Waals surface area contributed by atoms with Crippen LogP contribution in [0.2, 0.25) is 5.02 Å². The number of halogens is 1. The summed E-state index contributed by atoms with van der Waals surface area (Å²) in [6.45, 7) is 0. The van der Waals surface area contributed by atoms with Crippen molar-refractivity contribution in [3.05, 3.63) is 75.7 Å². The summed E-state index contributed by atoms with van der Waals surface area (Å²) in [6.07, 6.45) is 1.41. The Bertz CT molecular complexity index is 1130. The lowest BCUT2D eigenvalue weighted by Crippen LogP contribution is -2.18. The van der Waals surface area contributed by atoms with Gasteiger partial charge in [0.1, 0.15) is 17.4 Å². The lowest BCUT2D eigenvalue weighted by atomic mass is 10.1. The number of benzene rings is 1. The molecule has 0 unspecified atom stereocenters. The first-order valence-corrected chi connectivity index (χ1v) is 7.50. The fourth-order valence-electron chi connectivity index (χ4n) is 2.92. The predicted molar refractivity (Wildman–Crippen MR) is 90.4 cm³/mol. The van der Waals surface area contributed by atoms with Crippen molar-refractivity contribution in [3.63, 3.8) is 0 Å². The van der Waals surface area contributed by atoms with Crippen molar-refractivity contribution in [2.45, 2.75) is 0 Å². The Hall–Kier alpha value is -3.05. The van der Waals surface area contributed by atoms with Crippen LogP contribution in [0, 0.1) is 0 Å². The first kappa shape index (κ1) is 14.5. The monoisotopic (exact) mass is 339 g/mol. The lowest BCUT2D eigenvalue weighted by molar-refractivity contribution is 0.0696. The van der Waals surface area contributed by atoms with Gasteiger partial charge in [-0.3, -0.25) is 9.36 Å². The molecule has 2 aromatic rings. The quantitative estimate of drug-likeness (QED) is 0.598. The number of hydrogen-bond acceptors (Lipinski definition) is 3. The molecule has 1 aliphatic heterocycles. The molecule has 0 saturated carbocycles. The van der Waals surface area contributed by atoms with Gasteiger partial charge in [0.15, 0.2) is 0 Å². The van der Waals surface area contributed by atoms with Crippen LogP contribution < -0.4 is 5.56 Å². The number of carboxylic acid groups (broad SMARTS) is 1. The minimum Gasteiger partial charge on any atom is -0.477 e. The summed E-state index contributed by atoms with van der Waals surface area (Å²) in [6, 6.07) is 13.7. The van der Waals surface area contributed by atoms with Gasteiger partial charge in [0.25, 0.3) is 5.56 Å². The fraction of sp³-hybridized carbons (Fsp3) is 0. The van der Waals surface area contributed by atoms with E-state index in [1.165, 1.54) is 10.8 Å². The zero-order valence-corrected chi connectivity index (χ0v) is 12.9. The molecule has 2 heterocycles. The molecule has 24 heavy (non-hydrogen) atoms. The molecule has 0 saturated heterocycles. The molecule has 1 aromatic carbocycles. The number of hydrogen-bond donors (Lipinski definition) is 1. The zero-order chi connectivity index (χ0) is 16.8. The number of carbonyl (C=O) groups is 1. The Labute approximate surface area is 140 Å². The van der Waals surface area contributed by atoms with Gasteiger partial charge in [0.2, 0.25) is 0 Å². The minimum absolute atomic E-state index is 0.275. The third-order valence-electron chi connectivity index (χ3n) is 3.93. The van der Waals surface area contributed by atoms with E-state index in [0.29, 0.717) is 32.9 Å². The molecular formula is C18H10ClNO4. The van der Waals surface area contributed by atoms with Crippen LogP contribution in [0.4, 0.5) is 0 Å². The molecule has 0 radical (unpaired) electrons. The van der Waals surface area contributed by atoms with Gasteiger partial charge in [-0.05, 0) is 18.2 Å². The molecule has 4 rings (SSSR count). The largest absolute Gasteiger partial charge is 0.477 e. The van der Waals surface area contributed by atoms with Crippen molar-refractivity contribution >= 4 is 28.5 Å². The van der Waals surface area contributed by atoms with Gasteiger partial charge in [-0.2, -0.15) is 0 Å². The summed E-state index contributed by atoms with van der Waals surface area (Å²) >= 11 is 6.26. The highest BCUT2D eigenvalue weighted by Crippen LogP contribution is 2.34. The molecule has 0 amide bonds. The Balaban J connectivity index is 2.17. The predicted octanol–water partition coefficient (Wildman–Crippen LogP) is 4.04. The standard InChI is InChI=1S/C18H10ClNO4/c19-11-6-4-8-14-16(11)13(9-24-14)20-12-7-3-1-2-5-10(12)15(17(20)21)18(22)23/h1-9H,(H,22,23). The van der Waals surface area contributed by atoms with Crippen LogP contribution in [0.1, 0.15) is 10.4 Å². The van der Waals surface area contributed by atoms with Crippen molar-refractivity contribution in [2.75, 3.05) is 0 Å². The van der Waals surface area contributed by atoms with Gasteiger partial charge in [-0.25, -0.2) is 4.79 Å². The van der Waals surface area contributed by atoms with Crippen LogP contribution in [0.5, 0.6) is 0 Å². The van der Waals surface area contributed by atoms with Crippen molar-refractivity contribution < 1.29 is 14.3 Å². The Morgan fingerprint density at radius 2 is 1.88 bits per heavy atom. The third-order valence-corrected chi connectivity index (χ3v) is 4.24. The highest BCUT2D eigenvalue weighted by atomic mass is 35.5. The van der Waals surface area contributed by atoms with E-state index in [9.17, 15) is 14.7 Å². The van der Waals surface area contributed by atoms with Gasteiger partial charge in [0, 0.05) is 5.56 Å². The van der Waals surface area contributed by atoms with Crippen LogP contribution in [0.15, 0.2) is 64.0 Å². The minimum atomic E-state index is -1.27. The van der Waals surface area contributed by atoms with E-state index in [1.54, 1.807) is 48.5 Å². The lowest BCUT2D eigenvalue weighted by Gasteiger charge is -2.04. The average Bonchev–Trinajstić information content (AvgIpc) is 2.98.